The number of amides is 2. The Hall–Kier alpha value is -2.53. The van der Waals surface area contributed by atoms with Gasteiger partial charge in [0, 0.05) is 17.6 Å². The van der Waals surface area contributed by atoms with Crippen LogP contribution in [0.4, 0.5) is 0 Å². The molecule has 0 fully saturated rings. The Labute approximate surface area is 190 Å². The van der Waals surface area contributed by atoms with Crippen molar-refractivity contribution in [1.82, 2.24) is 10.2 Å². The van der Waals surface area contributed by atoms with Crippen molar-refractivity contribution in [3.8, 4) is 5.75 Å². The third kappa shape index (κ3) is 7.28. The van der Waals surface area contributed by atoms with Gasteiger partial charge < -0.3 is 15.0 Å². The summed E-state index contributed by atoms with van der Waals surface area (Å²) in [6.45, 7) is 10.1. The lowest BCUT2D eigenvalue weighted by Crippen LogP contribution is -2.51. The average Bonchev–Trinajstić information content (AvgIpc) is 2.75. The van der Waals surface area contributed by atoms with Crippen molar-refractivity contribution in [2.45, 2.75) is 66.1 Å². The van der Waals surface area contributed by atoms with E-state index in [1.165, 1.54) is 0 Å². The molecule has 5 nitrogen and oxygen atoms in total. The molecule has 31 heavy (non-hydrogen) atoms. The summed E-state index contributed by atoms with van der Waals surface area (Å²) in [5.41, 5.74) is 3.16. The summed E-state index contributed by atoms with van der Waals surface area (Å²) in [4.78, 5) is 27.7. The first-order valence-electron chi connectivity index (χ1n) is 10.8. The molecule has 6 heteroatoms. The molecule has 0 aromatic heterocycles. The van der Waals surface area contributed by atoms with E-state index >= 15 is 0 Å². The smallest absolute Gasteiger partial charge is 0.261 e. The molecule has 0 spiro atoms. The maximum atomic E-state index is 13.2. The van der Waals surface area contributed by atoms with Gasteiger partial charge in [-0.15, -0.1) is 0 Å². The number of nitrogens with zero attached hydrogens (tertiary/aromatic N) is 1. The molecule has 0 aliphatic carbocycles. The van der Waals surface area contributed by atoms with Crippen LogP contribution in [0.3, 0.4) is 0 Å². The van der Waals surface area contributed by atoms with Crippen LogP contribution in [0.25, 0.3) is 0 Å². The Morgan fingerprint density at radius 3 is 2.29 bits per heavy atom. The van der Waals surface area contributed by atoms with Gasteiger partial charge in [0.15, 0.2) is 6.61 Å². The maximum Gasteiger partial charge on any atom is 0.261 e. The first-order valence-corrected chi connectivity index (χ1v) is 11.2. The van der Waals surface area contributed by atoms with Crippen LogP contribution in [0.2, 0.25) is 5.02 Å². The Balaban J connectivity index is 2.21. The zero-order valence-corrected chi connectivity index (χ0v) is 19.8. The number of carbonyl (C=O) groups excluding carboxylic acids is 2. The lowest BCUT2D eigenvalue weighted by molar-refractivity contribution is -0.143. The van der Waals surface area contributed by atoms with E-state index in [0.717, 1.165) is 23.1 Å². The second-order valence-electron chi connectivity index (χ2n) is 7.92. The van der Waals surface area contributed by atoms with Gasteiger partial charge in [0.25, 0.3) is 5.91 Å². The van der Waals surface area contributed by atoms with Crippen molar-refractivity contribution in [3.05, 3.63) is 64.2 Å². The van der Waals surface area contributed by atoms with E-state index in [0.29, 0.717) is 23.7 Å². The number of nitrogens with one attached hydrogen (secondary N) is 1. The van der Waals surface area contributed by atoms with E-state index in [9.17, 15) is 9.59 Å². The fourth-order valence-corrected chi connectivity index (χ4v) is 3.30. The molecule has 2 aromatic rings. The summed E-state index contributed by atoms with van der Waals surface area (Å²) < 4.78 is 5.77. The normalized spacial score (nSPS) is 12.7. The second-order valence-corrected chi connectivity index (χ2v) is 8.36. The van der Waals surface area contributed by atoms with E-state index in [1.54, 1.807) is 17.0 Å². The van der Waals surface area contributed by atoms with E-state index in [1.807, 2.05) is 65.0 Å². The molecule has 168 valence electrons. The molecule has 0 saturated carbocycles. The van der Waals surface area contributed by atoms with Crippen LogP contribution < -0.4 is 10.1 Å². The van der Waals surface area contributed by atoms with Gasteiger partial charge in [-0.3, -0.25) is 9.59 Å². The van der Waals surface area contributed by atoms with Gasteiger partial charge in [-0.2, -0.15) is 0 Å². The van der Waals surface area contributed by atoms with Crippen LogP contribution >= 0.6 is 11.6 Å². The van der Waals surface area contributed by atoms with Crippen molar-refractivity contribution in [3.63, 3.8) is 0 Å². The molecule has 0 radical (unpaired) electrons. The molecular weight excluding hydrogens is 412 g/mol. The molecular formula is C25H33ClN2O3. The van der Waals surface area contributed by atoms with E-state index in [2.05, 4.69) is 5.32 Å². The predicted molar refractivity (Wildman–Crippen MR) is 125 cm³/mol. The fourth-order valence-electron chi connectivity index (χ4n) is 3.18. The van der Waals surface area contributed by atoms with Gasteiger partial charge in [-0.25, -0.2) is 0 Å². The molecule has 2 aromatic carbocycles. The number of rotatable bonds is 10. The monoisotopic (exact) mass is 444 g/mol. The number of benzene rings is 2. The summed E-state index contributed by atoms with van der Waals surface area (Å²) in [7, 11) is 0. The second kappa shape index (κ2) is 11.8. The molecule has 0 saturated heterocycles. The summed E-state index contributed by atoms with van der Waals surface area (Å²) in [5.74, 6) is 0.254. The van der Waals surface area contributed by atoms with Crippen LogP contribution in [-0.4, -0.2) is 35.4 Å². The number of halogens is 1. The van der Waals surface area contributed by atoms with Gasteiger partial charge >= 0.3 is 0 Å². The number of aryl methyl sites for hydroxylation is 2. The summed E-state index contributed by atoms with van der Waals surface area (Å²) in [6, 6.07) is 12.5. The van der Waals surface area contributed by atoms with Crippen molar-refractivity contribution >= 4 is 23.4 Å². The highest BCUT2D eigenvalue weighted by Crippen LogP contribution is 2.18. The predicted octanol–water partition coefficient (Wildman–Crippen LogP) is 5.06. The Bertz CT molecular complexity index is 883. The first-order chi connectivity index (χ1) is 14.7. The highest BCUT2D eigenvalue weighted by molar-refractivity contribution is 6.30. The van der Waals surface area contributed by atoms with Crippen LogP contribution in [0, 0.1) is 13.8 Å². The fraction of sp³-hybridized carbons (Fsp3) is 0.440. The first kappa shape index (κ1) is 24.7. The Kier molecular flexibility index (Phi) is 9.38. The lowest BCUT2D eigenvalue weighted by atomic mass is 10.1. The van der Waals surface area contributed by atoms with Crippen molar-refractivity contribution in [2.75, 3.05) is 6.61 Å². The van der Waals surface area contributed by atoms with Crippen LogP contribution in [0.15, 0.2) is 42.5 Å². The number of ether oxygens (including phenoxy) is 1. The molecule has 0 bridgehead atoms. The van der Waals surface area contributed by atoms with Crippen molar-refractivity contribution in [1.29, 1.82) is 0 Å². The molecule has 2 amide bonds. The number of hydrogen-bond acceptors (Lipinski definition) is 3. The van der Waals surface area contributed by atoms with Gasteiger partial charge in [-0.1, -0.05) is 43.6 Å². The highest BCUT2D eigenvalue weighted by atomic mass is 35.5. The van der Waals surface area contributed by atoms with Gasteiger partial charge in [0.2, 0.25) is 5.91 Å². The van der Waals surface area contributed by atoms with Gasteiger partial charge in [0.1, 0.15) is 11.8 Å². The maximum absolute atomic E-state index is 13.2. The summed E-state index contributed by atoms with van der Waals surface area (Å²) in [5, 5.41) is 3.63. The third-order valence-electron chi connectivity index (χ3n) is 5.49. The zero-order valence-electron chi connectivity index (χ0n) is 19.1. The summed E-state index contributed by atoms with van der Waals surface area (Å²) in [6.07, 6.45) is 1.33. The minimum atomic E-state index is -0.583. The molecule has 2 rings (SSSR count). The minimum Gasteiger partial charge on any atom is -0.484 e. The quantitative estimate of drug-likeness (QED) is 0.557. The zero-order chi connectivity index (χ0) is 23.0. The van der Waals surface area contributed by atoms with E-state index in [4.69, 9.17) is 16.3 Å². The molecule has 1 N–H and O–H groups in total. The van der Waals surface area contributed by atoms with Crippen LogP contribution in [0.5, 0.6) is 5.75 Å². The van der Waals surface area contributed by atoms with E-state index in [-0.39, 0.29) is 24.5 Å². The van der Waals surface area contributed by atoms with Crippen molar-refractivity contribution < 1.29 is 14.3 Å². The van der Waals surface area contributed by atoms with Crippen molar-refractivity contribution in [2.24, 2.45) is 0 Å². The molecule has 0 aliphatic rings. The molecule has 0 aliphatic heterocycles. The largest absolute Gasteiger partial charge is 0.484 e. The average molecular weight is 445 g/mol. The summed E-state index contributed by atoms with van der Waals surface area (Å²) >= 11 is 6.00. The highest BCUT2D eigenvalue weighted by Gasteiger charge is 2.29. The van der Waals surface area contributed by atoms with E-state index < -0.39 is 6.04 Å². The molecule has 2 atom stereocenters. The van der Waals surface area contributed by atoms with Gasteiger partial charge in [0.05, 0.1) is 0 Å². The Morgan fingerprint density at radius 2 is 1.71 bits per heavy atom. The van der Waals surface area contributed by atoms with Crippen LogP contribution in [0.1, 0.15) is 50.3 Å². The Morgan fingerprint density at radius 1 is 1.03 bits per heavy atom. The SMILES string of the molecule is CC[C@@H](C)NC(=O)[C@@H](CC)N(Cc1ccc(Cl)cc1)C(=O)COc1ccc(C)c(C)c1. The standard InChI is InChI=1S/C25H33ClN2O3/c1-6-19(5)27-25(30)23(7-2)28(15-20-9-11-21(26)12-10-20)24(29)16-31-22-13-8-17(3)18(4)14-22/h8-14,19,23H,6-7,15-16H2,1-5H3,(H,27,30)/t19-,23-/m1/s1. The lowest BCUT2D eigenvalue weighted by Gasteiger charge is -2.31. The number of carbonyl (C=O) groups is 2. The topological polar surface area (TPSA) is 58.6 Å². The number of hydrogen-bond donors (Lipinski definition) is 1. The minimum absolute atomic E-state index is 0.0424. The third-order valence-corrected chi connectivity index (χ3v) is 5.75. The molecule has 0 heterocycles. The van der Waals surface area contributed by atoms with Crippen LogP contribution in [-0.2, 0) is 16.1 Å². The molecule has 0 unspecified atom stereocenters. The van der Waals surface area contributed by atoms with Gasteiger partial charge in [-0.05, 0) is 74.6 Å².